The molecule has 20 heavy (non-hydrogen) atoms. The first-order valence-electron chi connectivity index (χ1n) is 6.35. The van der Waals surface area contributed by atoms with Gasteiger partial charge in [0, 0.05) is 31.6 Å². The zero-order valence-electron chi connectivity index (χ0n) is 11.6. The van der Waals surface area contributed by atoms with Gasteiger partial charge in [-0.05, 0) is 35.7 Å². The molecule has 1 amide bonds. The average Bonchev–Trinajstić information content (AvgIpc) is 2.46. The van der Waals surface area contributed by atoms with E-state index < -0.39 is 0 Å². The van der Waals surface area contributed by atoms with Gasteiger partial charge in [-0.15, -0.1) is 0 Å². The molecule has 0 unspecified atom stereocenters. The van der Waals surface area contributed by atoms with Crippen molar-refractivity contribution < 1.29 is 9.90 Å². The fourth-order valence-electron chi connectivity index (χ4n) is 2.00. The van der Waals surface area contributed by atoms with Crippen LogP contribution in [0.3, 0.4) is 0 Å². The van der Waals surface area contributed by atoms with Crippen molar-refractivity contribution in [1.82, 2.24) is 15.3 Å². The minimum absolute atomic E-state index is 0.119. The molecule has 2 aromatic heterocycles. The molecule has 0 bridgehead atoms. The molecule has 0 saturated carbocycles. The van der Waals surface area contributed by atoms with E-state index in [9.17, 15) is 9.90 Å². The highest BCUT2D eigenvalue weighted by atomic mass is 16.3. The largest absolute Gasteiger partial charge is 0.392 e. The SMILES string of the molecule is CNC(=O)c1cc(CO)cc(Cc2cncc(C)c2)n1. The maximum atomic E-state index is 11.7. The van der Waals surface area contributed by atoms with Crippen LogP contribution in [-0.4, -0.2) is 28.0 Å². The summed E-state index contributed by atoms with van der Waals surface area (Å²) in [6.07, 6.45) is 4.14. The molecule has 0 aliphatic carbocycles. The molecule has 2 heterocycles. The standard InChI is InChI=1S/C15H17N3O2/c1-10-3-11(8-17-7-10)4-13-5-12(9-19)6-14(18-13)15(20)16-2/h3,5-8,19H,4,9H2,1-2H3,(H,16,20). The Kier molecular flexibility index (Phi) is 4.42. The van der Waals surface area contributed by atoms with Gasteiger partial charge in [-0.2, -0.15) is 0 Å². The fraction of sp³-hybridized carbons (Fsp3) is 0.267. The Morgan fingerprint density at radius 1 is 1.25 bits per heavy atom. The first-order chi connectivity index (χ1) is 9.62. The average molecular weight is 271 g/mol. The highest BCUT2D eigenvalue weighted by Gasteiger charge is 2.09. The number of aryl methyl sites for hydroxylation is 1. The minimum Gasteiger partial charge on any atom is -0.392 e. The van der Waals surface area contributed by atoms with E-state index in [1.165, 1.54) is 0 Å². The maximum absolute atomic E-state index is 11.7. The summed E-state index contributed by atoms with van der Waals surface area (Å²) >= 11 is 0. The predicted octanol–water partition coefficient (Wildman–Crippen LogP) is 1.23. The van der Waals surface area contributed by atoms with Crippen molar-refractivity contribution in [2.45, 2.75) is 20.0 Å². The molecule has 0 atom stereocenters. The van der Waals surface area contributed by atoms with Crippen molar-refractivity contribution in [3.8, 4) is 0 Å². The summed E-state index contributed by atoms with van der Waals surface area (Å²) < 4.78 is 0. The summed E-state index contributed by atoms with van der Waals surface area (Å²) in [6.45, 7) is 1.86. The van der Waals surface area contributed by atoms with Crippen LogP contribution in [0.2, 0.25) is 0 Å². The highest BCUT2D eigenvalue weighted by Crippen LogP contribution is 2.12. The Labute approximate surface area is 117 Å². The number of pyridine rings is 2. The van der Waals surface area contributed by atoms with Crippen LogP contribution >= 0.6 is 0 Å². The number of carbonyl (C=O) groups is 1. The van der Waals surface area contributed by atoms with Gasteiger partial charge in [-0.3, -0.25) is 9.78 Å². The van der Waals surface area contributed by atoms with Crippen LogP contribution in [0.5, 0.6) is 0 Å². The first-order valence-corrected chi connectivity index (χ1v) is 6.35. The van der Waals surface area contributed by atoms with Crippen molar-refractivity contribution in [3.63, 3.8) is 0 Å². The molecule has 0 aromatic carbocycles. The summed E-state index contributed by atoms with van der Waals surface area (Å²) in [6, 6.07) is 5.42. The van der Waals surface area contributed by atoms with Crippen molar-refractivity contribution >= 4 is 5.91 Å². The molecular weight excluding hydrogens is 254 g/mol. The monoisotopic (exact) mass is 271 g/mol. The second-order valence-corrected chi connectivity index (χ2v) is 4.64. The number of aliphatic hydroxyl groups is 1. The van der Waals surface area contributed by atoms with Crippen LogP contribution in [0.4, 0.5) is 0 Å². The van der Waals surface area contributed by atoms with Crippen molar-refractivity contribution in [3.05, 3.63) is 58.7 Å². The Morgan fingerprint density at radius 2 is 2.05 bits per heavy atom. The smallest absolute Gasteiger partial charge is 0.269 e. The third kappa shape index (κ3) is 3.39. The molecule has 0 saturated heterocycles. The van der Waals surface area contributed by atoms with E-state index in [2.05, 4.69) is 15.3 Å². The van der Waals surface area contributed by atoms with Crippen LogP contribution < -0.4 is 5.32 Å². The molecular formula is C15H17N3O2. The number of nitrogens with zero attached hydrogens (tertiary/aromatic N) is 2. The second kappa shape index (κ2) is 6.25. The highest BCUT2D eigenvalue weighted by molar-refractivity contribution is 5.92. The Hall–Kier alpha value is -2.27. The summed E-state index contributed by atoms with van der Waals surface area (Å²) in [7, 11) is 1.56. The number of rotatable bonds is 4. The van der Waals surface area contributed by atoms with E-state index in [1.807, 2.05) is 13.0 Å². The van der Waals surface area contributed by atoms with Gasteiger partial charge in [0.05, 0.1) is 6.61 Å². The molecule has 0 fully saturated rings. The van der Waals surface area contributed by atoms with E-state index in [0.717, 1.165) is 16.8 Å². The molecule has 2 aromatic rings. The lowest BCUT2D eigenvalue weighted by Crippen LogP contribution is -2.20. The molecule has 0 spiro atoms. The number of nitrogens with one attached hydrogen (secondary N) is 1. The summed E-state index contributed by atoms with van der Waals surface area (Å²) in [5, 5.41) is 11.8. The van der Waals surface area contributed by atoms with Gasteiger partial charge < -0.3 is 10.4 Å². The number of amides is 1. The number of aromatic nitrogens is 2. The topological polar surface area (TPSA) is 75.1 Å². The van der Waals surface area contributed by atoms with E-state index in [1.54, 1.807) is 31.6 Å². The molecule has 5 heteroatoms. The second-order valence-electron chi connectivity index (χ2n) is 4.64. The predicted molar refractivity (Wildman–Crippen MR) is 75.3 cm³/mol. The molecule has 0 aliphatic heterocycles. The van der Waals surface area contributed by atoms with Gasteiger partial charge in [-0.1, -0.05) is 6.07 Å². The van der Waals surface area contributed by atoms with E-state index in [0.29, 0.717) is 17.7 Å². The molecule has 2 N–H and O–H groups in total. The van der Waals surface area contributed by atoms with Gasteiger partial charge in [0.25, 0.3) is 5.91 Å². The van der Waals surface area contributed by atoms with Crippen LogP contribution in [-0.2, 0) is 13.0 Å². The third-order valence-electron chi connectivity index (χ3n) is 2.90. The van der Waals surface area contributed by atoms with Crippen LogP contribution in [0.15, 0.2) is 30.6 Å². The lowest BCUT2D eigenvalue weighted by molar-refractivity contribution is 0.0957. The van der Waals surface area contributed by atoms with Crippen LogP contribution in [0.25, 0.3) is 0 Å². The first kappa shape index (κ1) is 14.1. The van der Waals surface area contributed by atoms with E-state index in [4.69, 9.17) is 0 Å². The summed E-state index contributed by atoms with van der Waals surface area (Å²) in [5.41, 5.74) is 3.83. The van der Waals surface area contributed by atoms with Gasteiger partial charge in [0.15, 0.2) is 0 Å². The van der Waals surface area contributed by atoms with Crippen molar-refractivity contribution in [2.75, 3.05) is 7.05 Å². The van der Waals surface area contributed by atoms with E-state index >= 15 is 0 Å². The summed E-state index contributed by atoms with van der Waals surface area (Å²) in [5.74, 6) is -0.260. The molecule has 0 aliphatic rings. The lowest BCUT2D eigenvalue weighted by atomic mass is 10.1. The van der Waals surface area contributed by atoms with Gasteiger partial charge in [0.1, 0.15) is 5.69 Å². The molecule has 2 rings (SSSR count). The Morgan fingerprint density at radius 3 is 2.70 bits per heavy atom. The number of hydrogen-bond donors (Lipinski definition) is 2. The minimum atomic E-state index is -0.260. The molecule has 5 nitrogen and oxygen atoms in total. The molecule has 104 valence electrons. The van der Waals surface area contributed by atoms with Gasteiger partial charge in [0.2, 0.25) is 0 Å². The number of aliphatic hydroxyl groups excluding tert-OH is 1. The van der Waals surface area contributed by atoms with Crippen molar-refractivity contribution in [2.24, 2.45) is 0 Å². The van der Waals surface area contributed by atoms with Gasteiger partial charge >= 0.3 is 0 Å². The number of hydrogen-bond acceptors (Lipinski definition) is 4. The quantitative estimate of drug-likeness (QED) is 0.877. The normalized spacial score (nSPS) is 10.3. The Balaban J connectivity index is 2.33. The molecule has 0 radical (unpaired) electrons. The Bertz CT molecular complexity index is 626. The lowest BCUT2D eigenvalue weighted by Gasteiger charge is -2.07. The third-order valence-corrected chi connectivity index (χ3v) is 2.90. The van der Waals surface area contributed by atoms with Crippen LogP contribution in [0.1, 0.15) is 32.9 Å². The van der Waals surface area contributed by atoms with Gasteiger partial charge in [-0.25, -0.2) is 4.98 Å². The fourth-order valence-corrected chi connectivity index (χ4v) is 2.00. The zero-order valence-corrected chi connectivity index (χ0v) is 11.6. The zero-order chi connectivity index (χ0) is 14.5. The maximum Gasteiger partial charge on any atom is 0.269 e. The van der Waals surface area contributed by atoms with Crippen LogP contribution in [0, 0.1) is 6.92 Å². The number of carbonyl (C=O) groups excluding carboxylic acids is 1. The summed E-state index contributed by atoms with van der Waals surface area (Å²) in [4.78, 5) is 20.1. The van der Waals surface area contributed by atoms with Crippen molar-refractivity contribution in [1.29, 1.82) is 0 Å². The van der Waals surface area contributed by atoms with E-state index in [-0.39, 0.29) is 12.5 Å².